The van der Waals surface area contributed by atoms with E-state index in [0.717, 1.165) is 5.56 Å². The molecule has 0 spiro atoms. The first-order valence-corrected chi connectivity index (χ1v) is 7.51. The van der Waals surface area contributed by atoms with Gasteiger partial charge in [0.05, 0.1) is 0 Å². The number of nitrogens with two attached hydrogens (primary N) is 1. The molecule has 0 saturated carbocycles. The van der Waals surface area contributed by atoms with Crippen molar-refractivity contribution in [1.29, 1.82) is 0 Å². The van der Waals surface area contributed by atoms with Gasteiger partial charge < -0.3 is 10.6 Å². The van der Waals surface area contributed by atoms with Crippen LogP contribution in [0, 0.1) is 0 Å². The first-order chi connectivity index (χ1) is 8.58. The molecule has 4 nitrogen and oxygen atoms in total. The Labute approximate surface area is 114 Å². The Morgan fingerprint density at radius 3 is 2.17 bits per heavy atom. The summed E-state index contributed by atoms with van der Waals surface area (Å²) in [6, 6.07) is 6.94. The van der Waals surface area contributed by atoms with E-state index < -0.39 is 10.8 Å². The van der Waals surface area contributed by atoms with Gasteiger partial charge in [0.2, 0.25) is 0 Å². The van der Waals surface area contributed by atoms with Crippen molar-refractivity contribution in [3.63, 3.8) is 0 Å². The first-order valence-electron chi connectivity index (χ1n) is 5.62. The van der Waals surface area contributed by atoms with E-state index in [4.69, 9.17) is 18.0 Å². The molecule has 0 radical (unpaired) electrons. The number of hydrogen-bond acceptors (Lipinski definition) is 3. The van der Waals surface area contributed by atoms with Crippen molar-refractivity contribution < 1.29 is 9.00 Å². The van der Waals surface area contributed by atoms with Crippen molar-refractivity contribution in [1.82, 2.24) is 4.90 Å². The van der Waals surface area contributed by atoms with Gasteiger partial charge in [0, 0.05) is 46.5 Å². The van der Waals surface area contributed by atoms with Gasteiger partial charge in [-0.15, -0.1) is 0 Å². The van der Waals surface area contributed by atoms with Crippen LogP contribution in [0.15, 0.2) is 24.3 Å². The Hall–Kier alpha value is -1.27. The summed E-state index contributed by atoms with van der Waals surface area (Å²) in [6.45, 7) is 1.12. The maximum atomic E-state index is 12.2. The van der Waals surface area contributed by atoms with Crippen LogP contribution in [0.4, 0.5) is 0 Å². The van der Waals surface area contributed by atoms with Crippen molar-refractivity contribution in [2.75, 3.05) is 24.6 Å². The lowest BCUT2D eigenvalue weighted by Gasteiger charge is -2.26. The Balaban J connectivity index is 2.09. The maximum Gasteiger partial charge on any atom is 0.253 e. The zero-order valence-electron chi connectivity index (χ0n) is 9.80. The summed E-state index contributed by atoms with van der Waals surface area (Å²) in [7, 11) is -0.771. The summed E-state index contributed by atoms with van der Waals surface area (Å²) in [5.74, 6) is 1.11. The first kappa shape index (κ1) is 13.2. The van der Waals surface area contributed by atoms with Gasteiger partial charge in [0.25, 0.3) is 5.91 Å². The quantitative estimate of drug-likeness (QED) is 0.804. The number of hydrogen-bond donors (Lipinski definition) is 1. The second-order valence-corrected chi connectivity index (χ2v) is 6.22. The number of amides is 1. The fourth-order valence-electron chi connectivity index (χ4n) is 1.80. The number of benzene rings is 1. The summed E-state index contributed by atoms with van der Waals surface area (Å²) in [4.78, 5) is 14.2. The fourth-order valence-corrected chi connectivity index (χ4v) is 2.99. The minimum Gasteiger partial charge on any atom is -0.389 e. The van der Waals surface area contributed by atoms with Crippen LogP contribution in [-0.2, 0) is 10.8 Å². The SMILES string of the molecule is NC(=S)c1ccc(C(=O)N2CCS(=O)CC2)cc1. The third-order valence-electron chi connectivity index (χ3n) is 2.88. The molecule has 1 aliphatic rings. The lowest BCUT2D eigenvalue weighted by molar-refractivity contribution is 0.0771. The minimum atomic E-state index is -0.771. The molecule has 1 aromatic rings. The van der Waals surface area contributed by atoms with E-state index in [1.807, 2.05) is 0 Å². The number of nitrogens with zero attached hydrogens (tertiary/aromatic N) is 1. The predicted molar refractivity (Wildman–Crippen MR) is 76.1 cm³/mol. The minimum absolute atomic E-state index is 0.0267. The molecule has 1 fully saturated rings. The van der Waals surface area contributed by atoms with Crippen LogP contribution in [0.2, 0.25) is 0 Å². The summed E-state index contributed by atoms with van der Waals surface area (Å²) in [5.41, 5.74) is 6.87. The molecule has 1 aliphatic heterocycles. The van der Waals surface area contributed by atoms with Crippen molar-refractivity contribution >= 4 is 33.9 Å². The molecule has 96 valence electrons. The maximum absolute atomic E-state index is 12.2. The molecule has 0 aliphatic carbocycles. The van der Waals surface area contributed by atoms with Crippen LogP contribution >= 0.6 is 12.2 Å². The largest absolute Gasteiger partial charge is 0.389 e. The molecule has 0 atom stereocenters. The standard InChI is InChI=1S/C12H14N2O2S2/c13-11(17)9-1-3-10(4-2-9)12(15)14-5-7-18(16)8-6-14/h1-4H,5-8H2,(H2,13,17). The van der Waals surface area contributed by atoms with Gasteiger partial charge in [-0.1, -0.05) is 24.4 Å². The summed E-state index contributed by atoms with van der Waals surface area (Å²) in [5, 5.41) is 0. The van der Waals surface area contributed by atoms with Gasteiger partial charge in [-0.2, -0.15) is 0 Å². The zero-order valence-corrected chi connectivity index (χ0v) is 11.4. The van der Waals surface area contributed by atoms with Crippen molar-refractivity contribution in [2.24, 2.45) is 5.73 Å². The Morgan fingerprint density at radius 1 is 1.17 bits per heavy atom. The van der Waals surface area contributed by atoms with E-state index in [1.54, 1.807) is 29.2 Å². The normalized spacial score (nSPS) is 16.6. The molecule has 1 heterocycles. The second kappa shape index (κ2) is 5.58. The summed E-state index contributed by atoms with van der Waals surface area (Å²) >= 11 is 4.86. The highest BCUT2D eigenvalue weighted by Gasteiger charge is 2.21. The highest BCUT2D eigenvalue weighted by atomic mass is 32.2. The number of thiocarbonyl (C=S) groups is 1. The molecule has 1 amide bonds. The van der Waals surface area contributed by atoms with Gasteiger partial charge >= 0.3 is 0 Å². The molecule has 2 N–H and O–H groups in total. The van der Waals surface area contributed by atoms with Crippen molar-refractivity contribution in [3.05, 3.63) is 35.4 Å². The van der Waals surface area contributed by atoms with Crippen molar-refractivity contribution in [3.8, 4) is 0 Å². The van der Waals surface area contributed by atoms with Gasteiger partial charge in [-0.05, 0) is 12.1 Å². The molecule has 0 bridgehead atoms. The van der Waals surface area contributed by atoms with E-state index in [-0.39, 0.29) is 5.91 Å². The molecule has 2 rings (SSSR count). The van der Waals surface area contributed by atoms with Crippen LogP contribution < -0.4 is 5.73 Å². The molecule has 18 heavy (non-hydrogen) atoms. The monoisotopic (exact) mass is 282 g/mol. The lowest BCUT2D eigenvalue weighted by atomic mass is 10.1. The highest BCUT2D eigenvalue weighted by molar-refractivity contribution is 7.85. The van der Waals surface area contributed by atoms with Crippen LogP contribution in [0.25, 0.3) is 0 Å². The van der Waals surface area contributed by atoms with E-state index in [9.17, 15) is 9.00 Å². The molecular weight excluding hydrogens is 268 g/mol. The topological polar surface area (TPSA) is 63.4 Å². The average Bonchev–Trinajstić information content (AvgIpc) is 2.39. The zero-order chi connectivity index (χ0) is 13.1. The van der Waals surface area contributed by atoms with E-state index in [0.29, 0.717) is 35.1 Å². The Kier molecular flexibility index (Phi) is 4.08. The lowest BCUT2D eigenvalue weighted by Crippen LogP contribution is -2.41. The fraction of sp³-hybridized carbons (Fsp3) is 0.333. The number of rotatable bonds is 2. The van der Waals surface area contributed by atoms with Crippen LogP contribution in [0.1, 0.15) is 15.9 Å². The van der Waals surface area contributed by atoms with E-state index in [1.165, 1.54) is 0 Å². The van der Waals surface area contributed by atoms with Gasteiger partial charge in [0.15, 0.2) is 0 Å². The second-order valence-electron chi connectivity index (χ2n) is 4.08. The molecule has 6 heteroatoms. The number of carbonyl (C=O) groups is 1. The molecule has 0 aromatic heterocycles. The van der Waals surface area contributed by atoms with Gasteiger partial charge in [-0.25, -0.2) is 0 Å². The average molecular weight is 282 g/mol. The molecule has 0 unspecified atom stereocenters. The van der Waals surface area contributed by atoms with Crippen molar-refractivity contribution in [2.45, 2.75) is 0 Å². The smallest absolute Gasteiger partial charge is 0.253 e. The Morgan fingerprint density at radius 2 is 1.67 bits per heavy atom. The molecular formula is C12H14N2O2S2. The summed E-state index contributed by atoms with van der Waals surface area (Å²) in [6.07, 6.45) is 0. The molecule has 1 saturated heterocycles. The van der Waals surface area contributed by atoms with Gasteiger partial charge in [0.1, 0.15) is 4.99 Å². The summed E-state index contributed by atoms with van der Waals surface area (Å²) < 4.78 is 11.2. The van der Waals surface area contributed by atoms with Crippen LogP contribution in [0.5, 0.6) is 0 Å². The third kappa shape index (κ3) is 2.94. The van der Waals surface area contributed by atoms with E-state index >= 15 is 0 Å². The Bertz CT molecular complexity index is 489. The highest BCUT2D eigenvalue weighted by Crippen LogP contribution is 2.10. The van der Waals surface area contributed by atoms with Crippen LogP contribution in [0.3, 0.4) is 0 Å². The predicted octanol–water partition coefficient (Wildman–Crippen LogP) is 0.525. The van der Waals surface area contributed by atoms with Gasteiger partial charge in [-0.3, -0.25) is 9.00 Å². The number of carbonyl (C=O) groups excluding carboxylic acids is 1. The molecule has 1 aromatic carbocycles. The van der Waals surface area contributed by atoms with Crippen LogP contribution in [-0.4, -0.2) is 44.6 Å². The third-order valence-corrected chi connectivity index (χ3v) is 4.39. The van der Waals surface area contributed by atoms with E-state index in [2.05, 4.69) is 0 Å².